The summed E-state index contributed by atoms with van der Waals surface area (Å²) in [6.07, 6.45) is 0. The lowest BCUT2D eigenvalue weighted by Crippen LogP contribution is -2.13. The summed E-state index contributed by atoms with van der Waals surface area (Å²) in [5, 5.41) is 0. The van der Waals surface area contributed by atoms with E-state index in [9.17, 15) is 0 Å². The van der Waals surface area contributed by atoms with E-state index < -0.39 is 0 Å². The fourth-order valence-electron chi connectivity index (χ4n) is 2.40. The molecule has 0 spiro atoms. The number of ether oxygens (including phenoxy) is 2. The second-order valence-corrected chi connectivity index (χ2v) is 6.40. The number of rotatable bonds is 4. The topological polar surface area (TPSA) is 59.0 Å². The zero-order valence-corrected chi connectivity index (χ0v) is 13.1. The minimum Gasteiger partial charge on any atom is -0.474 e. The van der Waals surface area contributed by atoms with Gasteiger partial charge < -0.3 is 14.5 Å². The summed E-state index contributed by atoms with van der Waals surface area (Å²) in [6, 6.07) is 4.45. The summed E-state index contributed by atoms with van der Waals surface area (Å²) in [7, 11) is 0. The van der Waals surface area contributed by atoms with E-state index in [0.29, 0.717) is 36.8 Å². The van der Waals surface area contributed by atoms with Crippen molar-refractivity contribution in [1.82, 2.24) is 4.98 Å². The van der Waals surface area contributed by atoms with Crippen LogP contribution in [0.2, 0.25) is 0 Å². The number of aromatic nitrogens is 1. The molecular formula is C16H23N3O2. The zero-order valence-electron chi connectivity index (χ0n) is 13.1. The van der Waals surface area contributed by atoms with Crippen LogP contribution in [-0.2, 0) is 9.47 Å². The molecule has 2 atom stereocenters. The molecule has 1 aromatic heterocycles. The van der Waals surface area contributed by atoms with Gasteiger partial charge in [-0.05, 0) is 24.0 Å². The molecule has 2 aliphatic rings. The van der Waals surface area contributed by atoms with Crippen LogP contribution in [0.25, 0.3) is 0 Å². The Hall–Kier alpha value is -1.78. The zero-order chi connectivity index (χ0) is 15.0. The van der Waals surface area contributed by atoms with Crippen LogP contribution < -0.4 is 0 Å². The second-order valence-electron chi connectivity index (χ2n) is 6.40. The first-order valence-electron chi connectivity index (χ1n) is 7.65. The summed E-state index contributed by atoms with van der Waals surface area (Å²) >= 11 is 0. The standard InChI is InChI=1S/C16H23N3O2/c1-9(2)13-7-20-15(18-13)11-5-6-12(17-11)16-19-14(8-21-16)10(3)4/h5-6,9-10,13-14,17H,7-8H2,1-4H3/t13-,14-/m1/s1. The van der Waals surface area contributed by atoms with Gasteiger partial charge in [0.25, 0.3) is 0 Å². The van der Waals surface area contributed by atoms with Crippen molar-refractivity contribution in [2.45, 2.75) is 39.8 Å². The first-order chi connectivity index (χ1) is 10.0. The van der Waals surface area contributed by atoms with Gasteiger partial charge in [0.05, 0.1) is 12.1 Å². The van der Waals surface area contributed by atoms with Crippen LogP contribution in [0, 0.1) is 11.8 Å². The molecule has 0 bridgehead atoms. The van der Waals surface area contributed by atoms with Gasteiger partial charge in [-0.2, -0.15) is 0 Å². The summed E-state index contributed by atoms with van der Waals surface area (Å²) < 4.78 is 11.4. The molecule has 3 heterocycles. The third-order valence-electron chi connectivity index (χ3n) is 4.03. The molecule has 5 nitrogen and oxygen atoms in total. The van der Waals surface area contributed by atoms with Crippen LogP contribution in [0.15, 0.2) is 22.1 Å². The normalized spacial score (nSPS) is 25.0. The van der Waals surface area contributed by atoms with Crippen molar-refractivity contribution < 1.29 is 9.47 Å². The maximum absolute atomic E-state index is 5.69. The average molecular weight is 289 g/mol. The summed E-state index contributed by atoms with van der Waals surface area (Å²) in [6.45, 7) is 9.96. The molecule has 0 saturated carbocycles. The molecule has 0 unspecified atom stereocenters. The minimum absolute atomic E-state index is 0.247. The SMILES string of the molecule is CC(C)[C@H]1COC(c2ccc(C3=N[C@@H](C(C)C)CO3)[nH]2)=N1. The lowest BCUT2D eigenvalue weighted by Gasteiger charge is -2.06. The van der Waals surface area contributed by atoms with Gasteiger partial charge in [-0.1, -0.05) is 27.7 Å². The van der Waals surface area contributed by atoms with Crippen molar-refractivity contribution in [2.75, 3.05) is 13.2 Å². The molecule has 1 aromatic rings. The van der Waals surface area contributed by atoms with Gasteiger partial charge in [0.2, 0.25) is 11.8 Å². The quantitative estimate of drug-likeness (QED) is 0.926. The van der Waals surface area contributed by atoms with Crippen LogP contribution in [0.4, 0.5) is 0 Å². The van der Waals surface area contributed by atoms with Crippen molar-refractivity contribution in [3.63, 3.8) is 0 Å². The molecule has 0 saturated heterocycles. The van der Waals surface area contributed by atoms with Crippen molar-refractivity contribution >= 4 is 11.8 Å². The van der Waals surface area contributed by atoms with Crippen LogP contribution >= 0.6 is 0 Å². The second kappa shape index (κ2) is 5.54. The fourth-order valence-corrected chi connectivity index (χ4v) is 2.40. The Bertz CT molecular complexity index is 523. The smallest absolute Gasteiger partial charge is 0.233 e. The van der Waals surface area contributed by atoms with Crippen LogP contribution in [0.3, 0.4) is 0 Å². The summed E-state index contributed by atoms with van der Waals surface area (Å²) in [5.41, 5.74) is 1.79. The molecule has 1 N–H and O–H groups in total. The summed E-state index contributed by atoms with van der Waals surface area (Å²) in [5.74, 6) is 2.37. The van der Waals surface area contributed by atoms with Crippen molar-refractivity contribution in [1.29, 1.82) is 0 Å². The van der Waals surface area contributed by atoms with Crippen LogP contribution in [-0.4, -0.2) is 42.1 Å². The van der Waals surface area contributed by atoms with Gasteiger partial charge in [0.15, 0.2) is 0 Å². The van der Waals surface area contributed by atoms with Crippen molar-refractivity contribution in [2.24, 2.45) is 21.8 Å². The number of hydrogen-bond donors (Lipinski definition) is 1. The third-order valence-corrected chi connectivity index (χ3v) is 4.03. The van der Waals surface area contributed by atoms with E-state index in [1.807, 2.05) is 12.1 Å². The van der Waals surface area contributed by atoms with E-state index in [0.717, 1.165) is 11.4 Å². The molecule has 114 valence electrons. The minimum atomic E-state index is 0.247. The molecule has 0 amide bonds. The van der Waals surface area contributed by atoms with E-state index in [1.165, 1.54) is 0 Å². The van der Waals surface area contributed by atoms with Crippen LogP contribution in [0.5, 0.6) is 0 Å². The maximum Gasteiger partial charge on any atom is 0.233 e. The van der Waals surface area contributed by atoms with Gasteiger partial charge in [-0.15, -0.1) is 0 Å². The van der Waals surface area contributed by atoms with Crippen molar-refractivity contribution in [3.8, 4) is 0 Å². The third kappa shape index (κ3) is 2.82. The highest BCUT2D eigenvalue weighted by Crippen LogP contribution is 2.20. The average Bonchev–Trinajstić information content (AvgIpc) is 3.18. The van der Waals surface area contributed by atoms with E-state index in [4.69, 9.17) is 9.47 Å². The Morgan fingerprint density at radius 2 is 1.33 bits per heavy atom. The van der Waals surface area contributed by atoms with Crippen LogP contribution in [0.1, 0.15) is 39.1 Å². The van der Waals surface area contributed by atoms with Gasteiger partial charge in [0, 0.05) is 0 Å². The van der Waals surface area contributed by atoms with Gasteiger partial charge >= 0.3 is 0 Å². The number of aromatic amines is 1. The predicted octanol–water partition coefficient (Wildman–Crippen LogP) is 2.62. The Kier molecular flexibility index (Phi) is 3.74. The Balaban J connectivity index is 1.76. The molecule has 2 aliphatic heterocycles. The highest BCUT2D eigenvalue weighted by Gasteiger charge is 2.26. The van der Waals surface area contributed by atoms with Gasteiger partial charge in [-0.3, -0.25) is 0 Å². The lowest BCUT2D eigenvalue weighted by atomic mass is 10.1. The Labute approximate surface area is 125 Å². The van der Waals surface area contributed by atoms with E-state index in [2.05, 4.69) is 42.7 Å². The molecule has 21 heavy (non-hydrogen) atoms. The maximum atomic E-state index is 5.69. The fraction of sp³-hybridized carbons (Fsp3) is 0.625. The largest absolute Gasteiger partial charge is 0.474 e. The highest BCUT2D eigenvalue weighted by atomic mass is 16.5. The lowest BCUT2D eigenvalue weighted by molar-refractivity contribution is 0.290. The molecule has 5 heteroatoms. The van der Waals surface area contributed by atoms with E-state index in [1.54, 1.807) is 0 Å². The molecule has 0 aliphatic carbocycles. The van der Waals surface area contributed by atoms with E-state index in [-0.39, 0.29) is 12.1 Å². The molecule has 0 radical (unpaired) electrons. The molecular weight excluding hydrogens is 266 g/mol. The first kappa shape index (κ1) is 14.2. The monoisotopic (exact) mass is 289 g/mol. The Morgan fingerprint density at radius 3 is 1.67 bits per heavy atom. The Morgan fingerprint density at radius 1 is 0.905 bits per heavy atom. The van der Waals surface area contributed by atoms with Gasteiger partial charge in [0.1, 0.15) is 24.6 Å². The van der Waals surface area contributed by atoms with E-state index >= 15 is 0 Å². The summed E-state index contributed by atoms with van der Waals surface area (Å²) in [4.78, 5) is 12.6. The molecule has 0 aromatic carbocycles. The predicted molar refractivity (Wildman–Crippen MR) is 83.0 cm³/mol. The van der Waals surface area contributed by atoms with Crippen molar-refractivity contribution in [3.05, 3.63) is 23.5 Å². The molecule has 3 rings (SSSR count). The number of hydrogen-bond acceptors (Lipinski definition) is 4. The number of nitrogens with one attached hydrogen (secondary N) is 1. The number of aliphatic imine (C=N–C) groups is 2. The molecule has 0 fully saturated rings. The number of nitrogens with zero attached hydrogens (tertiary/aromatic N) is 2. The first-order valence-corrected chi connectivity index (χ1v) is 7.65. The van der Waals surface area contributed by atoms with Gasteiger partial charge in [-0.25, -0.2) is 9.98 Å². The highest BCUT2D eigenvalue weighted by molar-refractivity contribution is 5.98. The number of H-pyrrole nitrogens is 1.